The van der Waals surface area contributed by atoms with Gasteiger partial charge in [0.25, 0.3) is 0 Å². The number of hydrogen-bond acceptors (Lipinski definition) is 3. The summed E-state index contributed by atoms with van der Waals surface area (Å²) in [6.45, 7) is 3.04. The third kappa shape index (κ3) is 2.77. The first-order chi connectivity index (χ1) is 6.34. The predicted octanol–water partition coefficient (Wildman–Crippen LogP) is 1.08. The lowest BCUT2D eigenvalue weighted by Gasteiger charge is -2.02. The van der Waals surface area contributed by atoms with E-state index < -0.39 is 0 Å². The maximum atomic E-state index is 4.21. The smallest absolute Gasteiger partial charge is 0.115 e. The summed E-state index contributed by atoms with van der Waals surface area (Å²) < 4.78 is 0. The maximum absolute atomic E-state index is 4.21. The largest absolute Gasteiger partial charge is 0.314 e. The Morgan fingerprint density at radius 3 is 3.00 bits per heavy atom. The minimum atomic E-state index is 0.794. The Hall–Kier alpha value is -0.960. The van der Waals surface area contributed by atoms with E-state index in [1.165, 1.54) is 12.8 Å². The summed E-state index contributed by atoms with van der Waals surface area (Å²) in [7, 11) is 0. The Bertz CT molecular complexity index is 281. The first-order valence-corrected chi connectivity index (χ1v) is 4.85. The lowest BCUT2D eigenvalue weighted by Crippen LogP contribution is -2.19. The van der Waals surface area contributed by atoms with Crippen LogP contribution in [0.15, 0.2) is 12.4 Å². The topological polar surface area (TPSA) is 37.8 Å². The molecule has 1 aliphatic carbocycles. The molecular weight excluding hydrogens is 162 g/mol. The first-order valence-electron chi connectivity index (χ1n) is 4.85. The van der Waals surface area contributed by atoms with Crippen LogP contribution < -0.4 is 5.32 Å². The summed E-state index contributed by atoms with van der Waals surface area (Å²) in [4.78, 5) is 8.27. The number of nitrogens with zero attached hydrogens (tertiary/aromatic N) is 2. The van der Waals surface area contributed by atoms with Crippen LogP contribution in [0.5, 0.6) is 0 Å². The minimum absolute atomic E-state index is 0.794. The van der Waals surface area contributed by atoms with Gasteiger partial charge in [0.1, 0.15) is 6.33 Å². The summed E-state index contributed by atoms with van der Waals surface area (Å²) in [5.74, 6) is 0. The second kappa shape index (κ2) is 3.83. The van der Waals surface area contributed by atoms with E-state index in [9.17, 15) is 0 Å². The van der Waals surface area contributed by atoms with E-state index >= 15 is 0 Å². The lowest BCUT2D eigenvalue weighted by molar-refractivity contribution is 0.674. The molecule has 3 nitrogen and oxygen atoms in total. The Kier molecular flexibility index (Phi) is 2.54. The van der Waals surface area contributed by atoms with Crippen molar-refractivity contribution in [3.63, 3.8) is 0 Å². The van der Waals surface area contributed by atoms with Crippen LogP contribution in [0.25, 0.3) is 0 Å². The molecule has 0 atom stereocenters. The van der Waals surface area contributed by atoms with Crippen molar-refractivity contribution in [3.8, 4) is 0 Å². The van der Waals surface area contributed by atoms with Crippen LogP contribution in [0.3, 0.4) is 0 Å². The fraction of sp³-hybridized carbons (Fsp3) is 0.600. The Balaban J connectivity index is 1.79. The number of hydrogen-bond donors (Lipinski definition) is 1. The van der Waals surface area contributed by atoms with Crippen LogP contribution in [-0.2, 0) is 6.42 Å². The fourth-order valence-electron chi connectivity index (χ4n) is 1.34. The maximum Gasteiger partial charge on any atom is 0.115 e. The number of nitrogens with one attached hydrogen (secondary N) is 1. The molecule has 3 heteroatoms. The molecule has 1 aliphatic rings. The molecule has 70 valence electrons. The van der Waals surface area contributed by atoms with Crippen molar-refractivity contribution in [2.75, 3.05) is 6.54 Å². The molecule has 0 spiro atoms. The number of aromatic nitrogens is 2. The van der Waals surface area contributed by atoms with Crippen molar-refractivity contribution in [1.29, 1.82) is 0 Å². The van der Waals surface area contributed by atoms with Crippen molar-refractivity contribution >= 4 is 0 Å². The second-order valence-electron chi connectivity index (χ2n) is 3.63. The van der Waals surface area contributed by atoms with E-state index in [2.05, 4.69) is 21.4 Å². The highest BCUT2D eigenvalue weighted by atomic mass is 14.9. The third-order valence-electron chi connectivity index (χ3n) is 2.25. The Morgan fingerprint density at radius 2 is 2.31 bits per heavy atom. The molecule has 0 aromatic carbocycles. The second-order valence-corrected chi connectivity index (χ2v) is 3.63. The van der Waals surface area contributed by atoms with Crippen LogP contribution in [0, 0.1) is 6.92 Å². The Morgan fingerprint density at radius 1 is 1.46 bits per heavy atom. The van der Waals surface area contributed by atoms with Gasteiger partial charge in [-0.25, -0.2) is 9.97 Å². The van der Waals surface area contributed by atoms with Crippen LogP contribution in [0.1, 0.15) is 24.2 Å². The Labute approximate surface area is 78.6 Å². The molecule has 1 aromatic heterocycles. The van der Waals surface area contributed by atoms with Gasteiger partial charge in [-0.1, -0.05) is 0 Å². The van der Waals surface area contributed by atoms with Crippen LogP contribution in [0.4, 0.5) is 0 Å². The highest BCUT2D eigenvalue weighted by molar-refractivity contribution is 5.06. The van der Waals surface area contributed by atoms with Gasteiger partial charge in [0.2, 0.25) is 0 Å². The van der Waals surface area contributed by atoms with Gasteiger partial charge >= 0.3 is 0 Å². The normalized spacial score (nSPS) is 16.1. The van der Waals surface area contributed by atoms with Crippen molar-refractivity contribution in [2.45, 2.75) is 32.2 Å². The molecule has 0 amide bonds. The third-order valence-corrected chi connectivity index (χ3v) is 2.25. The molecule has 0 saturated heterocycles. The summed E-state index contributed by atoms with van der Waals surface area (Å²) in [6.07, 6.45) is 5.35. The molecule has 1 saturated carbocycles. The zero-order valence-corrected chi connectivity index (χ0v) is 7.95. The average Bonchev–Trinajstić information content (AvgIpc) is 2.88. The molecule has 0 aliphatic heterocycles. The van der Waals surface area contributed by atoms with Gasteiger partial charge in [0.05, 0.1) is 0 Å². The van der Waals surface area contributed by atoms with E-state index in [1.54, 1.807) is 6.33 Å². The zero-order chi connectivity index (χ0) is 9.10. The van der Waals surface area contributed by atoms with Gasteiger partial charge < -0.3 is 5.32 Å². The summed E-state index contributed by atoms with van der Waals surface area (Å²) in [5.41, 5.74) is 2.19. The van der Waals surface area contributed by atoms with Gasteiger partial charge in [-0.15, -0.1) is 0 Å². The highest BCUT2D eigenvalue weighted by Crippen LogP contribution is 2.18. The van der Waals surface area contributed by atoms with Crippen molar-refractivity contribution < 1.29 is 0 Å². The molecule has 1 fully saturated rings. The van der Waals surface area contributed by atoms with E-state index in [1.807, 2.05) is 6.92 Å². The average molecular weight is 177 g/mol. The van der Waals surface area contributed by atoms with Crippen LogP contribution >= 0.6 is 0 Å². The minimum Gasteiger partial charge on any atom is -0.314 e. The standard InChI is InChI=1S/C10H15N3/c1-8-6-10(13-7-12-8)4-5-11-9-2-3-9/h6-7,9,11H,2-5H2,1H3. The molecule has 1 aromatic rings. The highest BCUT2D eigenvalue weighted by Gasteiger charge is 2.19. The SMILES string of the molecule is Cc1cc(CCNC2CC2)ncn1. The van der Waals surface area contributed by atoms with Gasteiger partial charge in [-0.05, 0) is 25.8 Å². The number of aryl methyl sites for hydroxylation is 1. The van der Waals surface area contributed by atoms with E-state index in [0.717, 1.165) is 30.4 Å². The van der Waals surface area contributed by atoms with E-state index in [4.69, 9.17) is 0 Å². The molecule has 13 heavy (non-hydrogen) atoms. The molecule has 1 heterocycles. The van der Waals surface area contributed by atoms with Crippen LogP contribution in [0.2, 0.25) is 0 Å². The molecule has 0 radical (unpaired) electrons. The predicted molar refractivity (Wildman–Crippen MR) is 51.5 cm³/mol. The van der Waals surface area contributed by atoms with Crippen molar-refractivity contribution in [2.24, 2.45) is 0 Å². The summed E-state index contributed by atoms with van der Waals surface area (Å²) >= 11 is 0. The molecule has 0 bridgehead atoms. The van der Waals surface area contributed by atoms with Gasteiger partial charge in [0.15, 0.2) is 0 Å². The lowest BCUT2D eigenvalue weighted by atomic mass is 10.2. The van der Waals surface area contributed by atoms with Gasteiger partial charge in [-0.3, -0.25) is 0 Å². The quantitative estimate of drug-likeness (QED) is 0.747. The van der Waals surface area contributed by atoms with Gasteiger partial charge in [0, 0.05) is 30.4 Å². The molecular formula is C10H15N3. The zero-order valence-electron chi connectivity index (χ0n) is 7.95. The first kappa shape index (κ1) is 8.63. The summed E-state index contributed by atoms with van der Waals surface area (Å²) in [6, 6.07) is 2.84. The molecule has 2 rings (SSSR count). The van der Waals surface area contributed by atoms with Crippen LogP contribution in [-0.4, -0.2) is 22.6 Å². The van der Waals surface area contributed by atoms with E-state index in [-0.39, 0.29) is 0 Å². The molecule has 0 unspecified atom stereocenters. The monoisotopic (exact) mass is 177 g/mol. The summed E-state index contributed by atoms with van der Waals surface area (Å²) in [5, 5.41) is 3.46. The number of rotatable bonds is 4. The van der Waals surface area contributed by atoms with Gasteiger partial charge in [-0.2, -0.15) is 0 Å². The van der Waals surface area contributed by atoms with E-state index in [0.29, 0.717) is 0 Å². The fourth-order valence-corrected chi connectivity index (χ4v) is 1.34. The van der Waals surface area contributed by atoms with Crippen molar-refractivity contribution in [3.05, 3.63) is 23.8 Å². The van der Waals surface area contributed by atoms with Crippen molar-refractivity contribution in [1.82, 2.24) is 15.3 Å². The molecule has 1 N–H and O–H groups in total.